The largest absolute Gasteiger partial charge is 0.443 e. The van der Waals surface area contributed by atoms with Crippen LogP contribution in [0.15, 0.2) is 41.9 Å². The number of imidazole rings is 1. The number of amidine groups is 1. The van der Waals surface area contributed by atoms with Gasteiger partial charge in [0.1, 0.15) is 11.2 Å². The van der Waals surface area contributed by atoms with Gasteiger partial charge in [0, 0.05) is 17.4 Å². The van der Waals surface area contributed by atoms with E-state index in [0.717, 1.165) is 10.6 Å². The van der Waals surface area contributed by atoms with E-state index in [1.807, 2.05) is 0 Å². The van der Waals surface area contributed by atoms with Gasteiger partial charge in [-0.15, -0.1) is 0 Å². The predicted octanol–water partition coefficient (Wildman–Crippen LogP) is 3.64. The minimum absolute atomic E-state index is 0.00299. The van der Waals surface area contributed by atoms with Crippen LogP contribution in [0.25, 0.3) is 5.69 Å². The van der Waals surface area contributed by atoms with Gasteiger partial charge in [0.05, 0.1) is 18.6 Å². The maximum atomic E-state index is 12.6. The number of amides is 2. The molecule has 0 bridgehead atoms. The minimum atomic E-state index is -0.820. The van der Waals surface area contributed by atoms with E-state index in [1.54, 1.807) is 82.9 Å². The first-order valence-electron chi connectivity index (χ1n) is 9.64. The summed E-state index contributed by atoms with van der Waals surface area (Å²) in [4.78, 5) is 30.4. The molecule has 0 fully saturated rings. The summed E-state index contributed by atoms with van der Waals surface area (Å²) in [7, 11) is 0. The van der Waals surface area contributed by atoms with Crippen molar-refractivity contribution in [1.82, 2.24) is 14.5 Å². The number of nitrogens with zero attached hydrogens (tertiary/aromatic N) is 4. The molecule has 0 spiro atoms. The molecule has 0 saturated heterocycles. The summed E-state index contributed by atoms with van der Waals surface area (Å²) < 4.78 is 12.4. The second kappa shape index (κ2) is 9.07. The van der Waals surface area contributed by atoms with Crippen LogP contribution in [0.5, 0.6) is 0 Å². The van der Waals surface area contributed by atoms with E-state index >= 15 is 0 Å². The third kappa shape index (κ3) is 7.02. The Kier molecular flexibility index (Phi) is 6.94. The molecule has 0 unspecified atom stereocenters. The van der Waals surface area contributed by atoms with E-state index in [2.05, 4.69) is 10.1 Å². The molecule has 0 radical (unpaired) electrons. The second-order valence-corrected chi connectivity index (χ2v) is 8.85. The summed E-state index contributed by atoms with van der Waals surface area (Å²) in [5.41, 5.74) is 5.79. The number of hydrogen-bond acceptors (Lipinski definition) is 7. The number of carbonyl (C=O) groups is 2. The Morgan fingerprint density at radius 3 is 2.03 bits per heavy atom. The zero-order valence-electron chi connectivity index (χ0n) is 18.6. The molecule has 2 aromatic rings. The Labute approximate surface area is 181 Å². The molecule has 0 atom stereocenters. The highest BCUT2D eigenvalue weighted by Crippen LogP contribution is 2.17. The Balaban J connectivity index is 2.24. The number of ether oxygens (including phenoxy) is 2. The molecular weight excluding hydrogens is 402 g/mol. The number of hydrogen-bond donors (Lipinski definition) is 2. The second-order valence-electron chi connectivity index (χ2n) is 8.85. The van der Waals surface area contributed by atoms with E-state index in [-0.39, 0.29) is 12.4 Å². The summed E-state index contributed by atoms with van der Waals surface area (Å²) in [6.45, 7) is 10.2. The highest BCUT2D eigenvalue weighted by Gasteiger charge is 2.31. The van der Waals surface area contributed by atoms with Crippen LogP contribution in [-0.2, 0) is 16.0 Å². The summed E-state index contributed by atoms with van der Waals surface area (Å²) in [6.07, 6.45) is 1.59. The van der Waals surface area contributed by atoms with Gasteiger partial charge in [0.25, 0.3) is 0 Å². The van der Waals surface area contributed by atoms with E-state index in [1.165, 1.54) is 0 Å². The van der Waals surface area contributed by atoms with Crippen LogP contribution < -0.4 is 5.73 Å². The lowest BCUT2D eigenvalue weighted by molar-refractivity contribution is -0.000461. The van der Waals surface area contributed by atoms with Crippen molar-refractivity contribution < 1.29 is 24.3 Å². The van der Waals surface area contributed by atoms with Crippen molar-refractivity contribution in [2.45, 2.75) is 59.3 Å². The van der Waals surface area contributed by atoms with E-state index < -0.39 is 23.4 Å². The van der Waals surface area contributed by atoms with E-state index in [9.17, 15) is 9.59 Å². The van der Waals surface area contributed by atoms with Gasteiger partial charge in [-0.05, 0) is 65.8 Å². The number of benzene rings is 1. The normalized spacial score (nSPS) is 12.4. The number of rotatable bonds is 4. The van der Waals surface area contributed by atoms with Crippen molar-refractivity contribution in [3.05, 3.63) is 48.0 Å². The monoisotopic (exact) mass is 431 g/mol. The Bertz CT molecular complexity index is 924. The summed E-state index contributed by atoms with van der Waals surface area (Å²) >= 11 is 0. The van der Waals surface area contributed by atoms with Crippen molar-refractivity contribution in [2.75, 3.05) is 0 Å². The SMILES string of the molecule is CC(C)(C)OC(=O)N(Cc1cn(-c2ccc(C(N)=NO)cc2)cn1)C(=O)OC(C)(C)C. The van der Waals surface area contributed by atoms with Gasteiger partial charge in [0.2, 0.25) is 0 Å². The molecule has 0 aliphatic heterocycles. The molecule has 3 N–H and O–H groups in total. The summed E-state index contributed by atoms with van der Waals surface area (Å²) in [5.74, 6) is 0.00299. The first kappa shape index (κ1) is 23.7. The lowest BCUT2D eigenvalue weighted by Crippen LogP contribution is -2.43. The molecule has 0 saturated carbocycles. The third-order valence-electron chi connectivity index (χ3n) is 3.75. The van der Waals surface area contributed by atoms with Crippen molar-refractivity contribution in [3.63, 3.8) is 0 Å². The van der Waals surface area contributed by atoms with Gasteiger partial charge < -0.3 is 25.0 Å². The van der Waals surface area contributed by atoms with Crippen molar-refractivity contribution >= 4 is 18.0 Å². The van der Waals surface area contributed by atoms with E-state index in [4.69, 9.17) is 20.4 Å². The fourth-order valence-corrected chi connectivity index (χ4v) is 2.45. The highest BCUT2D eigenvalue weighted by molar-refractivity contribution is 5.97. The molecule has 2 amide bonds. The van der Waals surface area contributed by atoms with Crippen molar-refractivity contribution in [1.29, 1.82) is 0 Å². The van der Waals surface area contributed by atoms with E-state index in [0.29, 0.717) is 11.3 Å². The van der Waals surface area contributed by atoms with Crippen LogP contribution in [0.1, 0.15) is 52.8 Å². The fourth-order valence-electron chi connectivity index (χ4n) is 2.45. The number of nitrogens with two attached hydrogens (primary N) is 1. The molecule has 31 heavy (non-hydrogen) atoms. The van der Waals surface area contributed by atoms with Gasteiger partial charge in [0.15, 0.2) is 5.84 Å². The summed E-state index contributed by atoms with van der Waals surface area (Å²) in [6, 6.07) is 6.91. The molecule has 1 aromatic heterocycles. The van der Waals surface area contributed by atoms with Gasteiger partial charge in [-0.3, -0.25) is 0 Å². The molecular formula is C21H29N5O5. The third-order valence-corrected chi connectivity index (χ3v) is 3.75. The van der Waals surface area contributed by atoms with Gasteiger partial charge in [-0.1, -0.05) is 5.16 Å². The lowest BCUT2D eigenvalue weighted by Gasteiger charge is -2.28. The number of imide groups is 1. The minimum Gasteiger partial charge on any atom is -0.443 e. The smallest absolute Gasteiger partial charge is 0.420 e. The van der Waals surface area contributed by atoms with Gasteiger partial charge in [-0.2, -0.15) is 0 Å². The first-order valence-corrected chi connectivity index (χ1v) is 9.64. The lowest BCUT2D eigenvalue weighted by atomic mass is 10.2. The molecule has 10 heteroatoms. The molecule has 2 rings (SSSR count). The maximum Gasteiger partial charge on any atom is 0.420 e. The first-order chi connectivity index (χ1) is 14.3. The molecule has 0 aliphatic carbocycles. The highest BCUT2D eigenvalue weighted by atomic mass is 16.6. The number of carbonyl (C=O) groups excluding carboxylic acids is 2. The van der Waals surface area contributed by atoms with Gasteiger partial charge in [-0.25, -0.2) is 19.5 Å². The van der Waals surface area contributed by atoms with Crippen LogP contribution in [0.4, 0.5) is 9.59 Å². The summed E-state index contributed by atoms with van der Waals surface area (Å²) in [5, 5.41) is 11.7. The quantitative estimate of drug-likeness (QED) is 0.327. The maximum absolute atomic E-state index is 12.6. The van der Waals surface area contributed by atoms with Crippen LogP contribution in [-0.4, -0.2) is 48.9 Å². The number of oxime groups is 1. The average Bonchev–Trinajstić information content (AvgIpc) is 3.11. The Hall–Kier alpha value is -3.56. The van der Waals surface area contributed by atoms with Gasteiger partial charge >= 0.3 is 12.2 Å². The zero-order valence-corrected chi connectivity index (χ0v) is 18.6. The fraction of sp³-hybridized carbons (Fsp3) is 0.429. The Morgan fingerprint density at radius 2 is 1.58 bits per heavy atom. The van der Waals surface area contributed by atoms with Crippen LogP contribution in [0.2, 0.25) is 0 Å². The molecule has 0 aliphatic rings. The topological polar surface area (TPSA) is 132 Å². The van der Waals surface area contributed by atoms with Crippen molar-refractivity contribution in [3.8, 4) is 5.69 Å². The van der Waals surface area contributed by atoms with Crippen molar-refractivity contribution in [2.24, 2.45) is 10.9 Å². The molecule has 1 heterocycles. The molecule has 10 nitrogen and oxygen atoms in total. The average molecular weight is 431 g/mol. The zero-order chi connectivity index (χ0) is 23.4. The van der Waals surface area contributed by atoms with Crippen LogP contribution in [0, 0.1) is 0 Å². The predicted molar refractivity (Wildman–Crippen MR) is 114 cm³/mol. The van der Waals surface area contributed by atoms with Crippen LogP contribution in [0.3, 0.4) is 0 Å². The standard InChI is InChI=1S/C21H29N5O5/c1-20(2,3)30-18(27)26(19(28)31-21(4,5)6)12-15-11-25(13-23-15)16-9-7-14(8-10-16)17(22)24-29/h7-11,13,29H,12H2,1-6H3,(H2,22,24). The number of aromatic nitrogens is 2. The Morgan fingerprint density at radius 1 is 1.06 bits per heavy atom. The molecule has 168 valence electrons. The van der Waals surface area contributed by atoms with Crippen LogP contribution >= 0.6 is 0 Å². The molecule has 1 aromatic carbocycles.